The van der Waals surface area contributed by atoms with Crippen LogP contribution in [0.25, 0.3) is 0 Å². The second-order valence-electron chi connectivity index (χ2n) is 6.92. The Balaban J connectivity index is 1.80. The minimum absolute atomic E-state index is 0.132. The molecule has 0 spiro atoms. The maximum atomic E-state index is 14.8. The van der Waals surface area contributed by atoms with Gasteiger partial charge in [0.2, 0.25) is 0 Å². The number of nitrogens with zero attached hydrogens (tertiary/aromatic N) is 2. The molecule has 0 amide bonds. The fourth-order valence-electron chi connectivity index (χ4n) is 3.64. The van der Waals surface area contributed by atoms with Gasteiger partial charge in [-0.2, -0.15) is 0 Å². The van der Waals surface area contributed by atoms with Crippen LogP contribution in [0.15, 0.2) is 42.6 Å². The Morgan fingerprint density at radius 1 is 1.04 bits per heavy atom. The Bertz CT molecular complexity index is 902. The molecule has 27 heavy (non-hydrogen) atoms. The third-order valence-corrected chi connectivity index (χ3v) is 4.97. The second-order valence-corrected chi connectivity index (χ2v) is 6.92. The van der Waals surface area contributed by atoms with Gasteiger partial charge in [-0.25, -0.2) is 13.2 Å². The van der Waals surface area contributed by atoms with E-state index in [0.717, 1.165) is 12.6 Å². The standard InChI is InChI=1S/C20H20F3N3O/c1-12-11-25(7-5-24-12)19-10-18-14(9-16(19)23)20(27)4-6-26(18)17-3-2-13(21)8-15(17)22/h2-4,6,8-10,12,20,24,27H,5,7,11H2,1H3. The van der Waals surface area contributed by atoms with Crippen LogP contribution < -0.4 is 15.1 Å². The first-order valence-corrected chi connectivity index (χ1v) is 8.86. The fourth-order valence-corrected chi connectivity index (χ4v) is 3.64. The maximum Gasteiger partial charge on any atom is 0.150 e. The van der Waals surface area contributed by atoms with Crippen molar-refractivity contribution >= 4 is 17.1 Å². The van der Waals surface area contributed by atoms with Gasteiger partial charge in [-0.15, -0.1) is 0 Å². The average molecular weight is 375 g/mol. The monoisotopic (exact) mass is 375 g/mol. The molecular formula is C20H20F3N3O. The minimum atomic E-state index is -0.995. The highest BCUT2D eigenvalue weighted by molar-refractivity contribution is 5.76. The molecule has 4 rings (SSSR count). The third kappa shape index (κ3) is 3.28. The van der Waals surface area contributed by atoms with Gasteiger partial charge in [0.1, 0.15) is 23.6 Å². The lowest BCUT2D eigenvalue weighted by Crippen LogP contribution is -2.49. The maximum absolute atomic E-state index is 14.8. The number of nitrogens with one attached hydrogen (secondary N) is 1. The summed E-state index contributed by atoms with van der Waals surface area (Å²) in [6.45, 7) is 4.04. The van der Waals surface area contributed by atoms with Gasteiger partial charge in [0.25, 0.3) is 0 Å². The topological polar surface area (TPSA) is 38.7 Å². The number of piperazine rings is 1. The summed E-state index contributed by atoms with van der Waals surface area (Å²) in [5, 5.41) is 13.6. The molecule has 7 heteroatoms. The van der Waals surface area contributed by atoms with Gasteiger partial charge in [0, 0.05) is 43.5 Å². The zero-order chi connectivity index (χ0) is 19.1. The number of hydrogen-bond acceptors (Lipinski definition) is 4. The van der Waals surface area contributed by atoms with Crippen LogP contribution in [0.4, 0.5) is 30.2 Å². The van der Waals surface area contributed by atoms with Crippen molar-refractivity contribution in [3.63, 3.8) is 0 Å². The summed E-state index contributed by atoms with van der Waals surface area (Å²) in [6.07, 6.45) is 1.97. The molecule has 0 bridgehead atoms. The van der Waals surface area contributed by atoms with Gasteiger partial charge in [-0.05, 0) is 37.3 Å². The van der Waals surface area contributed by atoms with E-state index < -0.39 is 23.6 Å². The van der Waals surface area contributed by atoms with Crippen molar-refractivity contribution in [1.82, 2.24) is 5.32 Å². The molecule has 2 heterocycles. The zero-order valence-corrected chi connectivity index (χ0v) is 14.8. The van der Waals surface area contributed by atoms with Crippen LogP contribution >= 0.6 is 0 Å². The van der Waals surface area contributed by atoms with Gasteiger partial charge in [0.15, 0.2) is 0 Å². The van der Waals surface area contributed by atoms with Gasteiger partial charge in [-0.1, -0.05) is 0 Å². The fraction of sp³-hybridized carbons (Fsp3) is 0.300. The Morgan fingerprint density at radius 2 is 1.81 bits per heavy atom. The molecule has 142 valence electrons. The molecule has 4 nitrogen and oxygen atoms in total. The van der Waals surface area contributed by atoms with E-state index >= 15 is 0 Å². The van der Waals surface area contributed by atoms with Gasteiger partial charge in [-0.3, -0.25) is 0 Å². The summed E-state index contributed by atoms with van der Waals surface area (Å²) in [4.78, 5) is 3.44. The summed E-state index contributed by atoms with van der Waals surface area (Å²) in [5.74, 6) is -1.84. The van der Waals surface area contributed by atoms with Crippen LogP contribution in [0.5, 0.6) is 0 Å². The van der Waals surface area contributed by atoms with E-state index in [2.05, 4.69) is 5.32 Å². The van der Waals surface area contributed by atoms with E-state index in [1.807, 2.05) is 11.8 Å². The van der Waals surface area contributed by atoms with Crippen LogP contribution in [0.1, 0.15) is 18.6 Å². The first kappa shape index (κ1) is 17.9. The molecule has 2 atom stereocenters. The Labute approximate surface area is 155 Å². The van der Waals surface area contributed by atoms with Crippen LogP contribution in [-0.2, 0) is 0 Å². The number of aliphatic hydroxyl groups is 1. The number of anilines is 3. The summed E-state index contributed by atoms with van der Waals surface area (Å²) in [5.41, 5.74) is 1.34. The van der Waals surface area contributed by atoms with Crippen LogP contribution in [0.2, 0.25) is 0 Å². The van der Waals surface area contributed by atoms with E-state index in [1.165, 1.54) is 35.4 Å². The number of rotatable bonds is 2. The predicted molar refractivity (Wildman–Crippen MR) is 98.7 cm³/mol. The summed E-state index contributed by atoms with van der Waals surface area (Å²) >= 11 is 0. The SMILES string of the molecule is CC1CN(c2cc3c(cc2F)C(O)C=CN3c2ccc(F)cc2F)CCN1. The quantitative estimate of drug-likeness (QED) is 0.841. The lowest BCUT2D eigenvalue weighted by Gasteiger charge is -2.36. The molecule has 2 unspecified atom stereocenters. The number of hydrogen-bond donors (Lipinski definition) is 2. The summed E-state index contributed by atoms with van der Waals surface area (Å²) < 4.78 is 42.4. The van der Waals surface area contributed by atoms with Gasteiger partial charge < -0.3 is 20.2 Å². The van der Waals surface area contributed by atoms with E-state index in [1.54, 1.807) is 6.07 Å². The zero-order valence-electron chi connectivity index (χ0n) is 14.8. The van der Waals surface area contributed by atoms with Crippen LogP contribution in [0, 0.1) is 17.5 Å². The van der Waals surface area contributed by atoms with Crippen LogP contribution in [-0.4, -0.2) is 30.8 Å². The van der Waals surface area contributed by atoms with Crippen molar-refractivity contribution in [3.05, 3.63) is 65.6 Å². The lowest BCUT2D eigenvalue weighted by atomic mass is 10.0. The summed E-state index contributed by atoms with van der Waals surface area (Å²) in [6, 6.07) is 6.42. The summed E-state index contributed by atoms with van der Waals surface area (Å²) in [7, 11) is 0. The predicted octanol–water partition coefficient (Wildman–Crippen LogP) is 3.60. The smallest absolute Gasteiger partial charge is 0.150 e. The van der Waals surface area contributed by atoms with Crippen molar-refractivity contribution in [1.29, 1.82) is 0 Å². The van der Waals surface area contributed by atoms with Crippen molar-refractivity contribution in [3.8, 4) is 0 Å². The molecule has 1 fully saturated rings. The number of benzene rings is 2. The van der Waals surface area contributed by atoms with E-state index in [9.17, 15) is 18.3 Å². The molecular weight excluding hydrogens is 355 g/mol. The van der Waals surface area contributed by atoms with Crippen molar-refractivity contribution in [2.45, 2.75) is 19.1 Å². The lowest BCUT2D eigenvalue weighted by molar-refractivity contribution is 0.227. The third-order valence-electron chi connectivity index (χ3n) is 4.97. The molecule has 0 saturated carbocycles. The normalized spacial score (nSPS) is 22.1. The molecule has 0 aliphatic carbocycles. The Kier molecular flexibility index (Phi) is 4.57. The highest BCUT2D eigenvalue weighted by Gasteiger charge is 2.27. The van der Waals surface area contributed by atoms with Crippen molar-refractivity contribution in [2.75, 3.05) is 29.4 Å². The van der Waals surface area contributed by atoms with Crippen molar-refractivity contribution in [2.24, 2.45) is 0 Å². The number of aliphatic hydroxyl groups excluding tert-OH is 1. The molecule has 2 aromatic rings. The Hall–Kier alpha value is -2.51. The minimum Gasteiger partial charge on any atom is -0.384 e. The molecule has 0 radical (unpaired) electrons. The molecule has 2 aliphatic heterocycles. The molecule has 2 aliphatic rings. The average Bonchev–Trinajstić information content (AvgIpc) is 2.63. The highest BCUT2D eigenvalue weighted by Crippen LogP contribution is 2.41. The van der Waals surface area contributed by atoms with Crippen molar-refractivity contribution < 1.29 is 18.3 Å². The van der Waals surface area contributed by atoms with E-state index in [0.29, 0.717) is 30.0 Å². The first-order valence-electron chi connectivity index (χ1n) is 8.86. The molecule has 0 aromatic heterocycles. The largest absolute Gasteiger partial charge is 0.384 e. The van der Waals surface area contributed by atoms with Gasteiger partial charge in [0.05, 0.1) is 17.1 Å². The Morgan fingerprint density at radius 3 is 2.56 bits per heavy atom. The molecule has 1 saturated heterocycles. The molecule has 2 N–H and O–H groups in total. The first-order chi connectivity index (χ1) is 12.9. The highest BCUT2D eigenvalue weighted by atomic mass is 19.1. The van der Waals surface area contributed by atoms with E-state index in [-0.39, 0.29) is 11.7 Å². The van der Waals surface area contributed by atoms with Gasteiger partial charge >= 0.3 is 0 Å². The number of fused-ring (bicyclic) bond motifs is 1. The number of halogens is 3. The van der Waals surface area contributed by atoms with Crippen LogP contribution in [0.3, 0.4) is 0 Å². The van der Waals surface area contributed by atoms with E-state index in [4.69, 9.17) is 0 Å². The second kappa shape index (κ2) is 6.90. The molecule has 2 aromatic carbocycles.